The monoisotopic (exact) mass is 276 g/mol. The van der Waals surface area contributed by atoms with Crippen LogP contribution in [0.1, 0.15) is 16.1 Å². The number of ether oxygens (including phenoxy) is 1. The number of aromatic carboxylic acids is 1. The predicted octanol–water partition coefficient (Wildman–Crippen LogP) is -0.0640. The molecule has 0 aliphatic heterocycles. The largest absolute Gasteiger partial charge is 0.478 e. The third-order valence-electron chi connectivity index (χ3n) is 2.09. The Labute approximate surface area is 103 Å². The number of carboxylic acid groups (broad SMARTS) is 1. The second kappa shape index (κ2) is 5.08. The van der Waals surface area contributed by atoms with Gasteiger partial charge < -0.3 is 14.8 Å². The number of anilines is 1. The number of aromatic nitrogens is 1. The minimum absolute atomic E-state index is 0.121. The standard InChI is InChI=1S/C9H12N2O6S/c1-5-8(9(13)14)6(3-10-5)11-18(15,16)4-7(12)17-2/h3,10-11H,4H2,1-2H3,(H,13,14). The molecule has 0 radical (unpaired) electrons. The summed E-state index contributed by atoms with van der Waals surface area (Å²) >= 11 is 0. The second-order valence-electron chi connectivity index (χ2n) is 3.44. The van der Waals surface area contributed by atoms with Gasteiger partial charge in [0.25, 0.3) is 0 Å². The van der Waals surface area contributed by atoms with E-state index < -0.39 is 27.7 Å². The van der Waals surface area contributed by atoms with Gasteiger partial charge in [0, 0.05) is 11.9 Å². The van der Waals surface area contributed by atoms with Crippen LogP contribution in [0.15, 0.2) is 6.20 Å². The van der Waals surface area contributed by atoms with Gasteiger partial charge in [-0.1, -0.05) is 0 Å². The highest BCUT2D eigenvalue weighted by Crippen LogP contribution is 2.20. The van der Waals surface area contributed by atoms with E-state index >= 15 is 0 Å². The van der Waals surface area contributed by atoms with Crippen LogP contribution in [0.25, 0.3) is 0 Å². The summed E-state index contributed by atoms with van der Waals surface area (Å²) in [5, 5.41) is 8.91. The lowest BCUT2D eigenvalue weighted by molar-refractivity contribution is -0.137. The Morgan fingerprint density at radius 1 is 1.50 bits per heavy atom. The average molecular weight is 276 g/mol. The van der Waals surface area contributed by atoms with E-state index in [-0.39, 0.29) is 11.3 Å². The Morgan fingerprint density at radius 2 is 2.11 bits per heavy atom. The van der Waals surface area contributed by atoms with Crippen molar-refractivity contribution in [2.24, 2.45) is 0 Å². The number of H-pyrrole nitrogens is 1. The maximum absolute atomic E-state index is 11.5. The maximum atomic E-state index is 11.5. The summed E-state index contributed by atoms with van der Waals surface area (Å²) in [4.78, 5) is 24.4. The van der Waals surface area contributed by atoms with Gasteiger partial charge in [-0.25, -0.2) is 13.2 Å². The highest BCUT2D eigenvalue weighted by atomic mass is 32.2. The van der Waals surface area contributed by atoms with Gasteiger partial charge in [-0.15, -0.1) is 0 Å². The molecular formula is C9H12N2O6S. The molecule has 1 aromatic rings. The van der Waals surface area contributed by atoms with Crippen LogP contribution >= 0.6 is 0 Å². The third-order valence-corrected chi connectivity index (χ3v) is 3.24. The van der Waals surface area contributed by atoms with E-state index in [0.717, 1.165) is 7.11 Å². The maximum Gasteiger partial charge on any atom is 0.339 e. The molecule has 1 heterocycles. The molecule has 0 spiro atoms. The van der Waals surface area contributed by atoms with Gasteiger partial charge in [-0.05, 0) is 6.92 Å². The van der Waals surface area contributed by atoms with E-state index in [0.29, 0.717) is 5.69 Å². The van der Waals surface area contributed by atoms with E-state index in [1.807, 2.05) is 4.72 Å². The Morgan fingerprint density at radius 3 is 2.61 bits per heavy atom. The van der Waals surface area contributed by atoms with Crippen molar-refractivity contribution in [1.82, 2.24) is 4.98 Å². The molecule has 1 rings (SSSR count). The van der Waals surface area contributed by atoms with Gasteiger partial charge >= 0.3 is 11.9 Å². The van der Waals surface area contributed by atoms with Crippen molar-refractivity contribution in [1.29, 1.82) is 0 Å². The topological polar surface area (TPSA) is 126 Å². The minimum Gasteiger partial charge on any atom is -0.478 e. The number of esters is 1. The predicted molar refractivity (Wildman–Crippen MR) is 61.9 cm³/mol. The number of sulfonamides is 1. The normalized spacial score (nSPS) is 11.0. The van der Waals surface area contributed by atoms with E-state index in [1.165, 1.54) is 13.1 Å². The van der Waals surface area contributed by atoms with Crippen LogP contribution < -0.4 is 4.72 Å². The number of aromatic amines is 1. The molecule has 0 aromatic carbocycles. The van der Waals surface area contributed by atoms with Gasteiger partial charge in [0.15, 0.2) is 5.75 Å². The molecule has 0 amide bonds. The number of hydrogen-bond donors (Lipinski definition) is 3. The Bertz CT molecular complexity index is 574. The van der Waals surface area contributed by atoms with Crippen LogP contribution in [0.4, 0.5) is 5.69 Å². The number of carbonyl (C=O) groups is 2. The van der Waals surface area contributed by atoms with Crippen molar-refractivity contribution in [3.63, 3.8) is 0 Å². The molecule has 1 aromatic heterocycles. The van der Waals surface area contributed by atoms with Crippen LogP contribution in [0.5, 0.6) is 0 Å². The van der Waals surface area contributed by atoms with E-state index in [2.05, 4.69) is 9.72 Å². The van der Waals surface area contributed by atoms with Crippen molar-refractivity contribution in [3.05, 3.63) is 17.5 Å². The number of carboxylic acids is 1. The zero-order valence-corrected chi connectivity index (χ0v) is 10.5. The first-order chi connectivity index (χ1) is 8.26. The molecule has 0 unspecified atom stereocenters. The number of rotatable bonds is 5. The number of nitrogens with one attached hydrogen (secondary N) is 2. The fraction of sp³-hybridized carbons (Fsp3) is 0.333. The molecule has 0 aliphatic carbocycles. The van der Waals surface area contributed by atoms with Crippen molar-refractivity contribution < 1.29 is 27.9 Å². The fourth-order valence-corrected chi connectivity index (χ4v) is 2.30. The molecule has 0 aliphatic rings. The summed E-state index contributed by atoms with van der Waals surface area (Å²) in [6.07, 6.45) is 1.20. The van der Waals surface area contributed by atoms with Crippen LogP contribution in [-0.2, 0) is 19.6 Å². The summed E-state index contributed by atoms with van der Waals surface area (Å²) in [6, 6.07) is 0. The molecule has 9 heteroatoms. The highest BCUT2D eigenvalue weighted by molar-refractivity contribution is 7.93. The van der Waals surface area contributed by atoms with Crippen molar-refractivity contribution in [2.75, 3.05) is 17.6 Å². The first-order valence-electron chi connectivity index (χ1n) is 4.75. The van der Waals surface area contributed by atoms with E-state index in [9.17, 15) is 18.0 Å². The molecule has 0 saturated heterocycles. The zero-order chi connectivity index (χ0) is 13.9. The lowest BCUT2D eigenvalue weighted by atomic mass is 10.2. The van der Waals surface area contributed by atoms with Gasteiger partial charge in [-0.3, -0.25) is 9.52 Å². The minimum atomic E-state index is -4.00. The van der Waals surface area contributed by atoms with Crippen LogP contribution in [0.2, 0.25) is 0 Å². The van der Waals surface area contributed by atoms with Gasteiger partial charge in [0.2, 0.25) is 10.0 Å². The number of methoxy groups -OCH3 is 1. The lowest BCUT2D eigenvalue weighted by Crippen LogP contribution is -2.24. The SMILES string of the molecule is COC(=O)CS(=O)(=O)Nc1c[nH]c(C)c1C(=O)O. The molecule has 0 bridgehead atoms. The zero-order valence-electron chi connectivity index (χ0n) is 9.68. The Hall–Kier alpha value is -2.03. The fourth-order valence-electron chi connectivity index (χ4n) is 1.30. The number of aryl methyl sites for hydroxylation is 1. The summed E-state index contributed by atoms with van der Waals surface area (Å²) in [6.45, 7) is 1.49. The van der Waals surface area contributed by atoms with Crippen LogP contribution in [-0.4, -0.2) is 43.3 Å². The van der Waals surface area contributed by atoms with Crippen LogP contribution in [0, 0.1) is 6.92 Å². The summed E-state index contributed by atoms with van der Waals surface area (Å²) in [5.41, 5.74) is -0.00869. The molecular weight excluding hydrogens is 264 g/mol. The summed E-state index contributed by atoms with van der Waals surface area (Å²) < 4.78 is 29.3. The molecule has 0 saturated carbocycles. The molecule has 0 atom stereocenters. The first kappa shape index (κ1) is 14.0. The molecule has 8 nitrogen and oxygen atoms in total. The summed E-state index contributed by atoms with van der Waals surface area (Å²) in [7, 11) is -2.94. The van der Waals surface area contributed by atoms with Crippen LogP contribution in [0.3, 0.4) is 0 Å². The van der Waals surface area contributed by atoms with Crippen molar-refractivity contribution in [3.8, 4) is 0 Å². The third kappa shape index (κ3) is 3.23. The van der Waals surface area contributed by atoms with Gasteiger partial charge in [-0.2, -0.15) is 0 Å². The van der Waals surface area contributed by atoms with Gasteiger partial charge in [0.1, 0.15) is 5.56 Å². The van der Waals surface area contributed by atoms with E-state index in [1.54, 1.807) is 0 Å². The van der Waals surface area contributed by atoms with Crippen molar-refractivity contribution >= 4 is 27.6 Å². The highest BCUT2D eigenvalue weighted by Gasteiger charge is 2.22. The Kier molecular flexibility index (Phi) is 3.96. The summed E-state index contributed by atoms with van der Waals surface area (Å²) in [5.74, 6) is -3.09. The molecule has 100 valence electrons. The van der Waals surface area contributed by atoms with Crippen molar-refractivity contribution in [2.45, 2.75) is 6.92 Å². The first-order valence-corrected chi connectivity index (χ1v) is 6.40. The number of hydrogen-bond acceptors (Lipinski definition) is 5. The Balaban J connectivity index is 2.98. The van der Waals surface area contributed by atoms with Gasteiger partial charge in [0.05, 0.1) is 12.8 Å². The molecule has 0 fully saturated rings. The quantitative estimate of drug-likeness (QED) is 0.647. The van der Waals surface area contributed by atoms with E-state index in [4.69, 9.17) is 5.11 Å². The lowest BCUT2D eigenvalue weighted by Gasteiger charge is -2.06. The average Bonchev–Trinajstić information content (AvgIpc) is 2.57. The molecule has 18 heavy (non-hydrogen) atoms. The second-order valence-corrected chi connectivity index (χ2v) is 5.17. The smallest absolute Gasteiger partial charge is 0.339 e. The molecule has 3 N–H and O–H groups in total. The number of carbonyl (C=O) groups excluding carboxylic acids is 1.